The van der Waals surface area contributed by atoms with Gasteiger partial charge in [-0.3, -0.25) is 0 Å². The van der Waals surface area contributed by atoms with E-state index in [4.69, 9.17) is 0 Å². The smallest absolute Gasteiger partial charge is 0.0166 e. The molecule has 1 rings (SSSR count). The van der Waals surface area contributed by atoms with Gasteiger partial charge < -0.3 is 0 Å². The highest BCUT2D eigenvalue weighted by atomic mass is 14.2. The quantitative estimate of drug-likeness (QED) is 0.536. The molecule has 62 valence electrons. The van der Waals surface area contributed by atoms with Crippen molar-refractivity contribution in [3.8, 4) is 0 Å². The second-order valence-corrected chi connectivity index (χ2v) is 3.58. The van der Waals surface area contributed by atoms with Gasteiger partial charge in [0.15, 0.2) is 0 Å². The Kier molecular flexibility index (Phi) is 2.53. The fraction of sp³-hybridized carbons (Fsp3) is 0.636. The summed E-state index contributed by atoms with van der Waals surface area (Å²) in [5.74, 6) is 1.50. The molecule has 0 heteroatoms. The fourth-order valence-electron chi connectivity index (χ4n) is 1.70. The van der Waals surface area contributed by atoms with Crippen LogP contribution < -0.4 is 0 Å². The molecule has 0 bridgehead atoms. The molecular weight excluding hydrogens is 132 g/mol. The lowest BCUT2D eigenvalue weighted by atomic mass is 9.79. The van der Waals surface area contributed by atoms with E-state index in [0.29, 0.717) is 0 Å². The summed E-state index contributed by atoms with van der Waals surface area (Å²) in [4.78, 5) is 0. The van der Waals surface area contributed by atoms with Crippen LogP contribution in [0, 0.1) is 11.8 Å². The van der Waals surface area contributed by atoms with E-state index in [-0.39, 0.29) is 0 Å². The Morgan fingerprint density at radius 3 is 2.36 bits per heavy atom. The minimum Gasteiger partial charge on any atom is -0.0699 e. The Balaban J connectivity index is 2.84. The van der Waals surface area contributed by atoms with Gasteiger partial charge in [0.2, 0.25) is 0 Å². The zero-order chi connectivity index (χ0) is 8.43. The van der Waals surface area contributed by atoms with Crippen LogP contribution in [0.15, 0.2) is 23.3 Å². The Morgan fingerprint density at radius 1 is 1.18 bits per heavy atom. The predicted molar refractivity (Wildman–Crippen MR) is 50.5 cm³/mol. The first-order valence-electron chi connectivity index (χ1n) is 4.54. The van der Waals surface area contributed by atoms with Crippen LogP contribution in [0.2, 0.25) is 0 Å². The van der Waals surface area contributed by atoms with Crippen molar-refractivity contribution >= 4 is 0 Å². The van der Waals surface area contributed by atoms with Crippen LogP contribution in [-0.4, -0.2) is 0 Å². The summed E-state index contributed by atoms with van der Waals surface area (Å²) in [6.07, 6.45) is 5.76. The standard InChI is InChI=1S/C11H18/c1-5-11-7-6-8(2)9(3)10(11)4/h6-7,9-10H,5H2,1-4H3. The minimum absolute atomic E-state index is 0.745. The lowest BCUT2D eigenvalue weighted by Crippen LogP contribution is -2.14. The molecule has 2 atom stereocenters. The molecule has 0 aromatic carbocycles. The van der Waals surface area contributed by atoms with Crippen LogP contribution in [-0.2, 0) is 0 Å². The lowest BCUT2D eigenvalue weighted by Gasteiger charge is -2.26. The molecule has 11 heavy (non-hydrogen) atoms. The van der Waals surface area contributed by atoms with Crippen molar-refractivity contribution in [1.29, 1.82) is 0 Å². The normalized spacial score (nSPS) is 31.3. The second kappa shape index (κ2) is 3.25. The molecule has 2 unspecified atom stereocenters. The third-order valence-corrected chi connectivity index (χ3v) is 3.02. The summed E-state index contributed by atoms with van der Waals surface area (Å²) >= 11 is 0. The number of hydrogen-bond donors (Lipinski definition) is 0. The van der Waals surface area contributed by atoms with E-state index in [1.54, 1.807) is 5.57 Å². The Labute approximate surface area is 70.0 Å². The average molecular weight is 150 g/mol. The molecule has 0 spiro atoms. The Bertz CT molecular complexity index is 196. The second-order valence-electron chi connectivity index (χ2n) is 3.58. The van der Waals surface area contributed by atoms with Gasteiger partial charge in [-0.15, -0.1) is 0 Å². The topological polar surface area (TPSA) is 0 Å². The van der Waals surface area contributed by atoms with Gasteiger partial charge in [-0.1, -0.05) is 44.1 Å². The van der Waals surface area contributed by atoms with Crippen molar-refractivity contribution in [2.24, 2.45) is 11.8 Å². The summed E-state index contributed by atoms with van der Waals surface area (Å²) in [6, 6.07) is 0. The largest absolute Gasteiger partial charge is 0.0699 e. The molecule has 0 fully saturated rings. The molecule has 0 nitrogen and oxygen atoms in total. The van der Waals surface area contributed by atoms with Crippen LogP contribution in [0.4, 0.5) is 0 Å². The predicted octanol–water partition coefficient (Wildman–Crippen LogP) is 3.55. The third-order valence-electron chi connectivity index (χ3n) is 3.02. The molecule has 0 aromatic rings. The van der Waals surface area contributed by atoms with Crippen LogP contribution >= 0.6 is 0 Å². The molecule has 1 aliphatic rings. The first-order chi connectivity index (χ1) is 5.16. The third kappa shape index (κ3) is 1.55. The SMILES string of the molecule is CCC1=CC=C(C)C(C)C1C. The van der Waals surface area contributed by atoms with E-state index in [0.717, 1.165) is 11.8 Å². The molecular formula is C11H18. The van der Waals surface area contributed by atoms with Gasteiger partial charge >= 0.3 is 0 Å². The summed E-state index contributed by atoms with van der Waals surface area (Å²) in [7, 11) is 0. The zero-order valence-corrected chi connectivity index (χ0v) is 8.02. The Hall–Kier alpha value is -0.520. The highest BCUT2D eigenvalue weighted by Gasteiger charge is 2.19. The maximum absolute atomic E-state index is 2.33. The van der Waals surface area contributed by atoms with E-state index in [1.165, 1.54) is 12.0 Å². The van der Waals surface area contributed by atoms with Crippen molar-refractivity contribution in [3.63, 3.8) is 0 Å². The van der Waals surface area contributed by atoms with Crippen molar-refractivity contribution < 1.29 is 0 Å². The van der Waals surface area contributed by atoms with Gasteiger partial charge in [0.05, 0.1) is 0 Å². The lowest BCUT2D eigenvalue weighted by molar-refractivity contribution is 0.485. The Morgan fingerprint density at radius 2 is 1.82 bits per heavy atom. The number of allylic oxidation sites excluding steroid dienone is 4. The van der Waals surface area contributed by atoms with Crippen molar-refractivity contribution in [3.05, 3.63) is 23.3 Å². The minimum atomic E-state index is 0.745. The maximum atomic E-state index is 2.33. The van der Waals surface area contributed by atoms with Crippen molar-refractivity contribution in [2.45, 2.75) is 34.1 Å². The van der Waals surface area contributed by atoms with E-state index in [2.05, 4.69) is 39.8 Å². The summed E-state index contributed by atoms with van der Waals surface area (Å²) in [5, 5.41) is 0. The van der Waals surface area contributed by atoms with Gasteiger partial charge in [-0.2, -0.15) is 0 Å². The van der Waals surface area contributed by atoms with Crippen LogP contribution in [0.1, 0.15) is 34.1 Å². The van der Waals surface area contributed by atoms with E-state index < -0.39 is 0 Å². The summed E-state index contributed by atoms with van der Waals surface area (Å²) in [6.45, 7) is 9.11. The van der Waals surface area contributed by atoms with Crippen molar-refractivity contribution in [2.75, 3.05) is 0 Å². The average Bonchev–Trinajstić information content (AvgIpc) is 2.01. The molecule has 0 N–H and O–H groups in total. The van der Waals surface area contributed by atoms with Gasteiger partial charge in [-0.25, -0.2) is 0 Å². The first kappa shape index (κ1) is 8.58. The zero-order valence-electron chi connectivity index (χ0n) is 8.02. The van der Waals surface area contributed by atoms with Crippen LogP contribution in [0.25, 0.3) is 0 Å². The maximum Gasteiger partial charge on any atom is -0.0166 e. The molecule has 1 aliphatic carbocycles. The molecule has 0 saturated carbocycles. The van der Waals surface area contributed by atoms with Gasteiger partial charge in [0.1, 0.15) is 0 Å². The van der Waals surface area contributed by atoms with E-state index in [9.17, 15) is 0 Å². The van der Waals surface area contributed by atoms with E-state index >= 15 is 0 Å². The fourth-order valence-corrected chi connectivity index (χ4v) is 1.70. The molecule has 0 saturated heterocycles. The summed E-state index contributed by atoms with van der Waals surface area (Å²) in [5.41, 5.74) is 3.12. The molecule has 0 aromatic heterocycles. The van der Waals surface area contributed by atoms with Gasteiger partial charge in [-0.05, 0) is 25.2 Å². The number of rotatable bonds is 1. The molecule has 0 amide bonds. The van der Waals surface area contributed by atoms with E-state index in [1.807, 2.05) is 0 Å². The van der Waals surface area contributed by atoms with Crippen molar-refractivity contribution in [1.82, 2.24) is 0 Å². The molecule has 0 radical (unpaired) electrons. The summed E-state index contributed by atoms with van der Waals surface area (Å²) < 4.78 is 0. The first-order valence-corrected chi connectivity index (χ1v) is 4.54. The monoisotopic (exact) mass is 150 g/mol. The molecule has 0 aliphatic heterocycles. The number of hydrogen-bond acceptors (Lipinski definition) is 0. The van der Waals surface area contributed by atoms with Crippen LogP contribution in [0.5, 0.6) is 0 Å². The highest BCUT2D eigenvalue weighted by molar-refractivity contribution is 5.26. The van der Waals surface area contributed by atoms with Crippen LogP contribution in [0.3, 0.4) is 0 Å². The van der Waals surface area contributed by atoms with Gasteiger partial charge in [0, 0.05) is 0 Å². The molecule has 0 heterocycles. The van der Waals surface area contributed by atoms with Gasteiger partial charge in [0.25, 0.3) is 0 Å². The highest BCUT2D eigenvalue weighted by Crippen LogP contribution is 2.31.